The van der Waals surface area contributed by atoms with Gasteiger partial charge in [-0.3, -0.25) is 4.90 Å². The van der Waals surface area contributed by atoms with Gasteiger partial charge in [-0.25, -0.2) is 4.39 Å². The fourth-order valence-corrected chi connectivity index (χ4v) is 3.58. The monoisotopic (exact) mass is 264 g/mol. The zero-order chi connectivity index (χ0) is 13.4. The predicted octanol–water partition coefficient (Wildman–Crippen LogP) is 1.77. The van der Waals surface area contributed by atoms with Crippen LogP contribution >= 0.6 is 0 Å². The second kappa shape index (κ2) is 5.19. The van der Waals surface area contributed by atoms with Gasteiger partial charge < -0.3 is 10.8 Å². The van der Waals surface area contributed by atoms with E-state index >= 15 is 0 Å². The van der Waals surface area contributed by atoms with Gasteiger partial charge in [0, 0.05) is 30.7 Å². The second-order valence-corrected chi connectivity index (χ2v) is 5.81. The number of aliphatic hydroxyl groups is 1. The highest BCUT2D eigenvalue weighted by atomic mass is 19.1. The summed E-state index contributed by atoms with van der Waals surface area (Å²) in [4.78, 5) is 2.37. The van der Waals surface area contributed by atoms with Crippen LogP contribution in [0.3, 0.4) is 0 Å². The standard InChI is InChI=1S/C15H21FN2O/c16-15-4-1-10(8-17)5-11(15)9-18-12-2-3-13(18)7-14(19)6-12/h1,4-5,12-14,19H,2-3,6-9,17H2. The predicted molar refractivity (Wildman–Crippen MR) is 71.9 cm³/mol. The van der Waals surface area contributed by atoms with Crippen LogP contribution in [0.1, 0.15) is 36.8 Å². The summed E-state index contributed by atoms with van der Waals surface area (Å²) in [5, 5.41) is 9.79. The van der Waals surface area contributed by atoms with Crippen LogP contribution in [0.4, 0.5) is 4.39 Å². The van der Waals surface area contributed by atoms with Gasteiger partial charge in [-0.15, -0.1) is 0 Å². The maximum absolute atomic E-state index is 13.9. The van der Waals surface area contributed by atoms with Gasteiger partial charge in [-0.2, -0.15) is 0 Å². The van der Waals surface area contributed by atoms with Crippen LogP contribution in [-0.2, 0) is 13.1 Å². The second-order valence-electron chi connectivity index (χ2n) is 5.81. The number of benzene rings is 1. The van der Waals surface area contributed by atoms with Gasteiger partial charge >= 0.3 is 0 Å². The van der Waals surface area contributed by atoms with Crippen LogP contribution in [0.25, 0.3) is 0 Å². The minimum atomic E-state index is -0.172. The van der Waals surface area contributed by atoms with Crippen LogP contribution in [0.2, 0.25) is 0 Å². The molecule has 2 atom stereocenters. The Kier molecular flexibility index (Phi) is 3.56. The highest BCUT2D eigenvalue weighted by Gasteiger charge is 2.40. The Morgan fingerprint density at radius 1 is 1.26 bits per heavy atom. The Morgan fingerprint density at radius 3 is 2.58 bits per heavy atom. The summed E-state index contributed by atoms with van der Waals surface area (Å²) < 4.78 is 13.9. The molecule has 0 spiro atoms. The van der Waals surface area contributed by atoms with E-state index in [1.165, 1.54) is 6.07 Å². The largest absolute Gasteiger partial charge is 0.393 e. The molecule has 0 aliphatic carbocycles. The number of rotatable bonds is 3. The molecule has 2 bridgehead atoms. The van der Waals surface area contributed by atoms with Crippen LogP contribution < -0.4 is 5.73 Å². The molecule has 2 unspecified atom stereocenters. The summed E-state index contributed by atoms with van der Waals surface area (Å²) in [6.45, 7) is 1.08. The molecule has 19 heavy (non-hydrogen) atoms. The number of halogens is 1. The van der Waals surface area contributed by atoms with Crippen molar-refractivity contribution in [1.29, 1.82) is 0 Å². The van der Waals surface area contributed by atoms with Crippen molar-refractivity contribution in [3.05, 3.63) is 35.1 Å². The van der Waals surface area contributed by atoms with Gasteiger partial charge in [0.25, 0.3) is 0 Å². The smallest absolute Gasteiger partial charge is 0.127 e. The topological polar surface area (TPSA) is 49.5 Å². The number of aliphatic hydroxyl groups excluding tert-OH is 1. The van der Waals surface area contributed by atoms with Gasteiger partial charge in [-0.1, -0.05) is 12.1 Å². The molecule has 2 aliphatic heterocycles. The molecule has 0 amide bonds. The van der Waals surface area contributed by atoms with Gasteiger partial charge in [0.1, 0.15) is 5.82 Å². The summed E-state index contributed by atoms with van der Waals surface area (Å²) in [6, 6.07) is 5.95. The van der Waals surface area contributed by atoms with Crippen molar-refractivity contribution in [2.75, 3.05) is 0 Å². The lowest BCUT2D eigenvalue weighted by atomic mass is 9.98. The van der Waals surface area contributed by atoms with Gasteiger partial charge in [-0.05, 0) is 37.3 Å². The SMILES string of the molecule is NCc1ccc(F)c(CN2C3CCC2CC(O)C3)c1. The number of hydrogen-bond donors (Lipinski definition) is 2. The van der Waals surface area contributed by atoms with E-state index in [1.807, 2.05) is 6.07 Å². The average molecular weight is 264 g/mol. The van der Waals surface area contributed by atoms with E-state index in [0.29, 0.717) is 25.2 Å². The molecule has 104 valence electrons. The van der Waals surface area contributed by atoms with Crippen molar-refractivity contribution < 1.29 is 9.50 Å². The normalized spacial score (nSPS) is 30.8. The third kappa shape index (κ3) is 2.53. The van der Waals surface area contributed by atoms with Crippen molar-refractivity contribution in [1.82, 2.24) is 4.90 Å². The van der Waals surface area contributed by atoms with Crippen LogP contribution in [0, 0.1) is 5.82 Å². The molecular weight excluding hydrogens is 243 g/mol. The molecule has 3 rings (SSSR count). The number of nitrogens with two attached hydrogens (primary N) is 1. The molecule has 3 nitrogen and oxygen atoms in total. The fourth-order valence-electron chi connectivity index (χ4n) is 3.58. The summed E-state index contributed by atoms with van der Waals surface area (Å²) in [5.74, 6) is -0.150. The summed E-state index contributed by atoms with van der Waals surface area (Å²) in [6.07, 6.45) is 3.73. The Morgan fingerprint density at radius 2 is 1.95 bits per heavy atom. The molecule has 3 N–H and O–H groups in total. The molecule has 2 saturated heterocycles. The van der Waals surface area contributed by atoms with E-state index in [0.717, 1.165) is 36.8 Å². The molecule has 1 aromatic rings. The maximum atomic E-state index is 13.9. The lowest BCUT2D eigenvalue weighted by molar-refractivity contribution is 0.0305. The quantitative estimate of drug-likeness (QED) is 0.875. The Bertz CT molecular complexity index is 451. The number of piperidine rings is 1. The van der Waals surface area contributed by atoms with Crippen LogP contribution in [0.15, 0.2) is 18.2 Å². The third-order valence-corrected chi connectivity index (χ3v) is 4.56. The van der Waals surface area contributed by atoms with E-state index in [1.54, 1.807) is 6.07 Å². The summed E-state index contributed by atoms with van der Waals surface area (Å²) in [7, 11) is 0. The lowest BCUT2D eigenvalue weighted by Gasteiger charge is -2.37. The minimum absolute atomic E-state index is 0.150. The lowest BCUT2D eigenvalue weighted by Crippen LogP contribution is -2.44. The van der Waals surface area contributed by atoms with Crippen molar-refractivity contribution >= 4 is 0 Å². The number of fused-ring (bicyclic) bond motifs is 2. The molecule has 2 aliphatic rings. The van der Waals surface area contributed by atoms with Gasteiger partial charge in [0.2, 0.25) is 0 Å². The van der Waals surface area contributed by atoms with E-state index < -0.39 is 0 Å². The van der Waals surface area contributed by atoms with E-state index in [2.05, 4.69) is 4.90 Å². The first-order valence-electron chi connectivity index (χ1n) is 7.08. The fraction of sp³-hybridized carbons (Fsp3) is 0.600. The first-order valence-corrected chi connectivity index (χ1v) is 7.08. The van der Waals surface area contributed by atoms with Crippen molar-refractivity contribution in [2.45, 2.75) is 57.0 Å². The number of hydrogen-bond acceptors (Lipinski definition) is 3. The van der Waals surface area contributed by atoms with Crippen molar-refractivity contribution in [2.24, 2.45) is 5.73 Å². The first-order chi connectivity index (χ1) is 9.17. The van der Waals surface area contributed by atoms with E-state index in [9.17, 15) is 9.50 Å². The molecule has 0 saturated carbocycles. The highest BCUT2D eigenvalue weighted by molar-refractivity contribution is 5.25. The number of nitrogens with zero attached hydrogens (tertiary/aromatic N) is 1. The van der Waals surface area contributed by atoms with Crippen molar-refractivity contribution in [3.63, 3.8) is 0 Å². The minimum Gasteiger partial charge on any atom is -0.393 e. The molecule has 0 radical (unpaired) electrons. The maximum Gasteiger partial charge on any atom is 0.127 e. The van der Waals surface area contributed by atoms with Crippen LogP contribution in [0.5, 0.6) is 0 Å². The highest BCUT2D eigenvalue weighted by Crippen LogP contribution is 2.37. The molecule has 2 fully saturated rings. The molecule has 2 heterocycles. The van der Waals surface area contributed by atoms with Crippen LogP contribution in [-0.4, -0.2) is 28.2 Å². The van der Waals surface area contributed by atoms with E-state index in [-0.39, 0.29) is 11.9 Å². The zero-order valence-electron chi connectivity index (χ0n) is 11.1. The van der Waals surface area contributed by atoms with Crippen molar-refractivity contribution in [3.8, 4) is 0 Å². The summed E-state index contributed by atoms with van der Waals surface area (Å²) >= 11 is 0. The Labute approximate surface area is 113 Å². The average Bonchev–Trinajstić information content (AvgIpc) is 2.64. The zero-order valence-corrected chi connectivity index (χ0v) is 11.1. The first kappa shape index (κ1) is 13.0. The van der Waals surface area contributed by atoms with E-state index in [4.69, 9.17) is 5.73 Å². The molecular formula is C15H21FN2O. The summed E-state index contributed by atoms with van der Waals surface area (Å²) in [5.41, 5.74) is 7.32. The molecule has 4 heteroatoms. The molecule has 0 aromatic heterocycles. The Hall–Kier alpha value is -0.970. The van der Waals surface area contributed by atoms with Gasteiger partial charge in [0.05, 0.1) is 6.10 Å². The molecule has 1 aromatic carbocycles. The Balaban J connectivity index is 1.78. The van der Waals surface area contributed by atoms with Gasteiger partial charge in [0.15, 0.2) is 0 Å². The third-order valence-electron chi connectivity index (χ3n) is 4.56.